The van der Waals surface area contributed by atoms with E-state index in [1.165, 1.54) is 0 Å². The number of nitrogens with one attached hydrogen (secondary N) is 1. The summed E-state index contributed by atoms with van der Waals surface area (Å²) >= 11 is 0. The lowest BCUT2D eigenvalue weighted by molar-refractivity contribution is -0.165. The predicted octanol–water partition coefficient (Wildman–Crippen LogP) is 2.04. The van der Waals surface area contributed by atoms with Crippen molar-refractivity contribution in [3.05, 3.63) is 17.5 Å². The summed E-state index contributed by atoms with van der Waals surface area (Å²) in [5, 5.41) is 6.93. The predicted molar refractivity (Wildman–Crippen MR) is 62.1 cm³/mol. The molecule has 1 amide bonds. The van der Waals surface area contributed by atoms with Crippen molar-refractivity contribution in [2.45, 2.75) is 45.6 Å². The van der Waals surface area contributed by atoms with Crippen molar-refractivity contribution in [2.24, 2.45) is 11.3 Å². The number of amides is 1. The molecule has 3 fully saturated rings. The van der Waals surface area contributed by atoms with E-state index in [1.807, 2.05) is 6.07 Å². The van der Waals surface area contributed by atoms with Gasteiger partial charge < -0.3 is 9.84 Å². The van der Waals surface area contributed by atoms with Gasteiger partial charge in [0, 0.05) is 11.5 Å². The van der Waals surface area contributed by atoms with E-state index in [9.17, 15) is 4.79 Å². The molecule has 0 atom stereocenters. The van der Waals surface area contributed by atoms with Crippen LogP contribution in [0.15, 0.2) is 10.6 Å². The van der Waals surface area contributed by atoms with Crippen molar-refractivity contribution in [1.29, 1.82) is 0 Å². The van der Waals surface area contributed by atoms with Crippen molar-refractivity contribution < 1.29 is 9.32 Å². The average Bonchev–Trinajstić information content (AvgIpc) is 2.58. The Morgan fingerprint density at radius 2 is 2.35 bits per heavy atom. The van der Waals surface area contributed by atoms with Crippen molar-refractivity contribution in [1.82, 2.24) is 10.5 Å². The van der Waals surface area contributed by atoms with E-state index in [1.54, 1.807) is 0 Å². The molecule has 4 nitrogen and oxygen atoms in total. The highest BCUT2D eigenvalue weighted by atomic mass is 16.5. The van der Waals surface area contributed by atoms with E-state index < -0.39 is 0 Å². The highest BCUT2D eigenvalue weighted by Crippen LogP contribution is 2.64. The van der Waals surface area contributed by atoms with Crippen LogP contribution in [0.2, 0.25) is 0 Å². The molecular formula is C13H18N2O2. The van der Waals surface area contributed by atoms with Crippen molar-refractivity contribution in [3.63, 3.8) is 0 Å². The molecule has 2 bridgehead atoms. The molecule has 3 aliphatic carbocycles. The first-order chi connectivity index (χ1) is 8.22. The molecule has 1 aromatic heterocycles. The van der Waals surface area contributed by atoms with Crippen LogP contribution >= 0.6 is 0 Å². The van der Waals surface area contributed by atoms with E-state index in [0.29, 0.717) is 6.54 Å². The fourth-order valence-electron chi connectivity index (χ4n) is 2.92. The smallest absolute Gasteiger partial charge is 0.226 e. The minimum absolute atomic E-state index is 0.00304. The van der Waals surface area contributed by atoms with E-state index >= 15 is 0 Å². The quantitative estimate of drug-likeness (QED) is 0.848. The summed E-state index contributed by atoms with van der Waals surface area (Å²) in [6, 6.07) is 1.94. The average molecular weight is 234 g/mol. The number of carbonyl (C=O) groups excluding carboxylic acids is 1. The van der Waals surface area contributed by atoms with Gasteiger partial charge in [-0.3, -0.25) is 4.79 Å². The van der Waals surface area contributed by atoms with E-state index in [2.05, 4.69) is 17.4 Å². The van der Waals surface area contributed by atoms with Gasteiger partial charge in [-0.1, -0.05) is 18.5 Å². The molecule has 1 N–H and O–H groups in total. The molecule has 1 aromatic rings. The van der Waals surface area contributed by atoms with Crippen LogP contribution in [0.5, 0.6) is 0 Å². The highest BCUT2D eigenvalue weighted by molar-refractivity contribution is 5.85. The standard InChI is InChI=1S/C13H18N2O2/c1-2-3-10-4-11(17-15-10)8-14-12(16)13-5-9(6-13)7-13/h4,9H,2-3,5-8H2,1H3,(H,14,16). The maximum Gasteiger partial charge on any atom is 0.226 e. The fraction of sp³-hybridized carbons (Fsp3) is 0.692. The molecule has 3 aliphatic rings. The molecule has 17 heavy (non-hydrogen) atoms. The lowest BCUT2D eigenvalue weighted by Crippen LogP contribution is -2.60. The summed E-state index contributed by atoms with van der Waals surface area (Å²) < 4.78 is 5.18. The Balaban J connectivity index is 1.51. The zero-order valence-electron chi connectivity index (χ0n) is 10.2. The third kappa shape index (κ3) is 1.75. The second kappa shape index (κ2) is 3.86. The van der Waals surface area contributed by atoms with Gasteiger partial charge in [-0.15, -0.1) is 0 Å². The molecular weight excluding hydrogens is 216 g/mol. The van der Waals surface area contributed by atoms with Crippen LogP contribution in [0.3, 0.4) is 0 Å². The number of hydrogen-bond donors (Lipinski definition) is 1. The first-order valence-corrected chi connectivity index (χ1v) is 6.44. The van der Waals surface area contributed by atoms with Gasteiger partial charge >= 0.3 is 0 Å². The molecule has 4 rings (SSSR count). The number of rotatable bonds is 5. The Kier molecular flexibility index (Phi) is 2.45. The Morgan fingerprint density at radius 1 is 1.59 bits per heavy atom. The van der Waals surface area contributed by atoms with Gasteiger partial charge in [-0.2, -0.15) is 0 Å². The monoisotopic (exact) mass is 234 g/mol. The number of hydrogen-bond acceptors (Lipinski definition) is 3. The lowest BCUT2D eigenvalue weighted by Gasteiger charge is -2.60. The third-order valence-corrected chi connectivity index (χ3v) is 4.06. The summed E-state index contributed by atoms with van der Waals surface area (Å²) in [6.45, 7) is 2.58. The van der Waals surface area contributed by atoms with Gasteiger partial charge in [0.25, 0.3) is 0 Å². The fourth-order valence-corrected chi connectivity index (χ4v) is 2.92. The summed E-state index contributed by atoms with van der Waals surface area (Å²) in [6.07, 6.45) is 5.27. The summed E-state index contributed by atoms with van der Waals surface area (Å²) in [4.78, 5) is 11.9. The Labute approximate surface area is 101 Å². The second-order valence-electron chi connectivity index (χ2n) is 5.48. The Bertz CT molecular complexity index is 421. The zero-order valence-corrected chi connectivity index (χ0v) is 10.2. The van der Waals surface area contributed by atoms with E-state index in [4.69, 9.17) is 4.52 Å². The molecule has 0 unspecified atom stereocenters. The largest absolute Gasteiger partial charge is 0.359 e. The molecule has 0 spiro atoms. The molecule has 0 aliphatic heterocycles. The van der Waals surface area contributed by atoms with Crippen LogP contribution in [0.1, 0.15) is 44.1 Å². The van der Waals surface area contributed by atoms with Gasteiger partial charge in [0.2, 0.25) is 5.91 Å². The summed E-state index contributed by atoms with van der Waals surface area (Å²) in [7, 11) is 0. The van der Waals surface area contributed by atoms with Gasteiger partial charge in [-0.05, 0) is 31.6 Å². The molecule has 0 saturated heterocycles. The van der Waals surface area contributed by atoms with Gasteiger partial charge in [0.15, 0.2) is 5.76 Å². The summed E-state index contributed by atoms with van der Waals surface area (Å²) in [5.74, 6) is 1.80. The number of aromatic nitrogens is 1. The van der Waals surface area contributed by atoms with Crippen LogP contribution in [0.25, 0.3) is 0 Å². The number of carbonyl (C=O) groups is 1. The van der Waals surface area contributed by atoms with Crippen LogP contribution in [0.4, 0.5) is 0 Å². The summed E-state index contributed by atoms with van der Waals surface area (Å²) in [5.41, 5.74) is 0.971. The van der Waals surface area contributed by atoms with Crippen LogP contribution in [-0.2, 0) is 17.8 Å². The zero-order chi connectivity index (χ0) is 11.9. The molecule has 0 aromatic carbocycles. The molecule has 0 radical (unpaired) electrons. The molecule has 92 valence electrons. The highest BCUT2D eigenvalue weighted by Gasteiger charge is 2.61. The van der Waals surface area contributed by atoms with Gasteiger partial charge in [0.05, 0.1) is 12.2 Å². The van der Waals surface area contributed by atoms with Crippen molar-refractivity contribution >= 4 is 5.91 Å². The topological polar surface area (TPSA) is 55.1 Å². The third-order valence-electron chi connectivity index (χ3n) is 4.06. The SMILES string of the molecule is CCCc1cc(CNC(=O)C23CC(C2)C3)on1. The normalized spacial score (nSPS) is 29.4. The van der Waals surface area contributed by atoms with Crippen LogP contribution in [-0.4, -0.2) is 11.1 Å². The van der Waals surface area contributed by atoms with E-state index in [-0.39, 0.29) is 11.3 Å². The first kappa shape index (κ1) is 10.8. The Morgan fingerprint density at radius 3 is 2.94 bits per heavy atom. The minimum Gasteiger partial charge on any atom is -0.359 e. The maximum atomic E-state index is 11.9. The molecule has 4 heteroatoms. The number of aryl methyl sites for hydroxylation is 1. The van der Waals surface area contributed by atoms with Crippen molar-refractivity contribution in [2.75, 3.05) is 0 Å². The van der Waals surface area contributed by atoms with Crippen LogP contribution < -0.4 is 5.32 Å². The van der Waals surface area contributed by atoms with Gasteiger partial charge in [0.1, 0.15) is 0 Å². The Hall–Kier alpha value is -1.32. The maximum absolute atomic E-state index is 11.9. The van der Waals surface area contributed by atoms with Crippen molar-refractivity contribution in [3.8, 4) is 0 Å². The minimum atomic E-state index is -0.00304. The number of nitrogens with zero attached hydrogens (tertiary/aromatic N) is 1. The van der Waals surface area contributed by atoms with Crippen LogP contribution in [0, 0.1) is 11.3 Å². The van der Waals surface area contributed by atoms with E-state index in [0.717, 1.165) is 49.5 Å². The molecule has 1 heterocycles. The lowest BCUT2D eigenvalue weighted by atomic mass is 9.44. The van der Waals surface area contributed by atoms with Gasteiger partial charge in [-0.25, -0.2) is 0 Å². The second-order valence-corrected chi connectivity index (χ2v) is 5.48. The molecule has 3 saturated carbocycles. The first-order valence-electron chi connectivity index (χ1n) is 6.44.